The summed E-state index contributed by atoms with van der Waals surface area (Å²) in [7, 11) is -3.75. The van der Waals surface area contributed by atoms with Crippen LogP contribution in [0.2, 0.25) is 0 Å². The van der Waals surface area contributed by atoms with E-state index in [0.717, 1.165) is 5.56 Å². The van der Waals surface area contributed by atoms with Crippen LogP contribution in [0, 0.1) is 0 Å². The first-order chi connectivity index (χ1) is 15.8. The lowest BCUT2D eigenvalue weighted by molar-refractivity contribution is -0.0440. The summed E-state index contributed by atoms with van der Waals surface area (Å²) in [5.41, 5.74) is 1.28. The minimum absolute atomic E-state index is 0.104. The van der Waals surface area contributed by atoms with Gasteiger partial charge in [-0.1, -0.05) is 36.4 Å². The molecule has 2 heterocycles. The molecule has 7 nitrogen and oxygen atoms in total. The number of sulfonamides is 1. The molecule has 1 aliphatic heterocycles. The van der Waals surface area contributed by atoms with E-state index >= 15 is 0 Å². The van der Waals surface area contributed by atoms with Crippen LogP contribution in [0.3, 0.4) is 0 Å². The quantitative estimate of drug-likeness (QED) is 0.525. The fraction of sp³-hybridized carbons (Fsp3) is 0.320. The molecule has 3 aromatic rings. The smallest absolute Gasteiger partial charge is 0.254 e. The maximum atomic E-state index is 13.5. The van der Waals surface area contributed by atoms with Crippen LogP contribution in [-0.4, -0.2) is 48.8 Å². The molecule has 0 aliphatic carbocycles. The summed E-state index contributed by atoms with van der Waals surface area (Å²) in [6.45, 7) is 4.92. The Labute approximate surface area is 194 Å². The van der Waals surface area contributed by atoms with Crippen molar-refractivity contribution in [2.75, 3.05) is 13.1 Å². The third-order valence-electron chi connectivity index (χ3n) is 5.54. The lowest BCUT2D eigenvalue weighted by Crippen LogP contribution is -2.48. The maximum Gasteiger partial charge on any atom is 0.254 e. The molecule has 1 amide bonds. The van der Waals surface area contributed by atoms with Gasteiger partial charge in [-0.05, 0) is 49.7 Å². The Balaban J connectivity index is 1.61. The molecule has 33 heavy (non-hydrogen) atoms. The molecule has 8 heteroatoms. The molecule has 2 aromatic carbocycles. The molecule has 0 radical (unpaired) electrons. The van der Waals surface area contributed by atoms with Crippen molar-refractivity contribution in [2.45, 2.75) is 44.0 Å². The van der Waals surface area contributed by atoms with Gasteiger partial charge in [0.25, 0.3) is 5.91 Å². The molecular weight excluding hydrogens is 440 g/mol. The molecule has 1 fully saturated rings. The first-order valence-corrected chi connectivity index (χ1v) is 12.4. The summed E-state index contributed by atoms with van der Waals surface area (Å²) in [5, 5.41) is 0. The number of morpholine rings is 1. The van der Waals surface area contributed by atoms with Gasteiger partial charge in [-0.2, -0.15) is 4.31 Å². The summed E-state index contributed by atoms with van der Waals surface area (Å²) in [5.74, 6) is 0.385. The fourth-order valence-electron chi connectivity index (χ4n) is 4.04. The lowest BCUT2D eigenvalue weighted by Gasteiger charge is -2.34. The second kappa shape index (κ2) is 9.91. The first-order valence-electron chi connectivity index (χ1n) is 10.9. The van der Waals surface area contributed by atoms with Crippen molar-refractivity contribution in [3.05, 3.63) is 89.9 Å². The van der Waals surface area contributed by atoms with E-state index in [4.69, 9.17) is 9.15 Å². The van der Waals surface area contributed by atoms with Crippen molar-refractivity contribution in [1.82, 2.24) is 9.21 Å². The van der Waals surface area contributed by atoms with Crippen molar-refractivity contribution in [3.8, 4) is 0 Å². The number of carbonyl (C=O) groups excluding carboxylic acids is 1. The number of benzene rings is 2. The van der Waals surface area contributed by atoms with Crippen molar-refractivity contribution in [1.29, 1.82) is 0 Å². The second-order valence-electron chi connectivity index (χ2n) is 8.33. The highest BCUT2D eigenvalue weighted by Crippen LogP contribution is 2.23. The number of amides is 1. The van der Waals surface area contributed by atoms with Gasteiger partial charge >= 0.3 is 0 Å². The molecule has 1 aromatic heterocycles. The highest BCUT2D eigenvalue weighted by atomic mass is 32.2. The Bertz CT molecular complexity index is 1170. The number of rotatable bonds is 7. The molecule has 0 saturated carbocycles. The van der Waals surface area contributed by atoms with E-state index in [2.05, 4.69) is 0 Å². The Hall–Kier alpha value is -2.94. The Morgan fingerprint density at radius 3 is 2.36 bits per heavy atom. The predicted octanol–water partition coefficient (Wildman–Crippen LogP) is 3.92. The topological polar surface area (TPSA) is 80.1 Å². The summed E-state index contributed by atoms with van der Waals surface area (Å²) < 4.78 is 39.2. The molecule has 4 rings (SSSR count). The number of ether oxygens (including phenoxy) is 1. The van der Waals surface area contributed by atoms with Gasteiger partial charge in [0, 0.05) is 25.2 Å². The van der Waals surface area contributed by atoms with Gasteiger partial charge in [0.2, 0.25) is 10.0 Å². The van der Waals surface area contributed by atoms with Crippen molar-refractivity contribution >= 4 is 15.9 Å². The monoisotopic (exact) mass is 468 g/mol. The lowest BCUT2D eigenvalue weighted by atomic mass is 10.1. The van der Waals surface area contributed by atoms with Crippen LogP contribution >= 0.6 is 0 Å². The van der Waals surface area contributed by atoms with E-state index < -0.39 is 10.0 Å². The van der Waals surface area contributed by atoms with Crippen LogP contribution in [0.1, 0.15) is 35.5 Å². The first kappa shape index (κ1) is 23.2. The zero-order valence-electron chi connectivity index (χ0n) is 18.8. The Morgan fingerprint density at radius 2 is 1.70 bits per heavy atom. The average molecular weight is 469 g/mol. The van der Waals surface area contributed by atoms with E-state index in [9.17, 15) is 13.2 Å². The molecular formula is C25H28N2O5S. The third kappa shape index (κ3) is 5.52. The normalized spacial score (nSPS) is 19.3. The third-order valence-corrected chi connectivity index (χ3v) is 7.36. The predicted molar refractivity (Wildman–Crippen MR) is 124 cm³/mol. The Kier molecular flexibility index (Phi) is 6.97. The molecule has 0 bridgehead atoms. The highest BCUT2D eigenvalue weighted by molar-refractivity contribution is 7.89. The van der Waals surface area contributed by atoms with E-state index in [0.29, 0.717) is 17.9 Å². The minimum atomic E-state index is -3.75. The standard InChI is InChI=1S/C25H28N2O5S/c1-19-15-27(16-20(2)32-19)33(29,30)24-12-6-10-22(14-24)25(28)26(18-23-11-7-13-31-23)17-21-8-4-3-5-9-21/h3-14,19-20H,15-18H2,1-2H3. The summed E-state index contributed by atoms with van der Waals surface area (Å²) in [4.78, 5) is 15.2. The SMILES string of the molecule is CC1CN(S(=O)(=O)c2cccc(C(=O)N(Cc3ccccc3)Cc3ccco3)c2)CC(C)O1. The van der Waals surface area contributed by atoms with Crippen LogP contribution in [0.25, 0.3) is 0 Å². The van der Waals surface area contributed by atoms with Gasteiger partial charge in [0.1, 0.15) is 5.76 Å². The van der Waals surface area contributed by atoms with Crippen molar-refractivity contribution in [3.63, 3.8) is 0 Å². The molecule has 2 atom stereocenters. The number of hydrogen-bond acceptors (Lipinski definition) is 5. The van der Waals surface area contributed by atoms with Gasteiger partial charge in [-0.3, -0.25) is 4.79 Å². The Morgan fingerprint density at radius 1 is 0.970 bits per heavy atom. The summed E-state index contributed by atoms with van der Waals surface area (Å²) >= 11 is 0. The van der Waals surface area contributed by atoms with E-state index in [1.165, 1.54) is 16.4 Å². The molecule has 0 N–H and O–H groups in total. The number of carbonyl (C=O) groups is 1. The fourth-order valence-corrected chi connectivity index (χ4v) is 5.68. The highest BCUT2D eigenvalue weighted by Gasteiger charge is 2.32. The van der Waals surface area contributed by atoms with E-state index in [1.54, 1.807) is 29.4 Å². The maximum absolute atomic E-state index is 13.5. The average Bonchev–Trinajstić information content (AvgIpc) is 3.31. The molecule has 2 unspecified atom stereocenters. The zero-order valence-corrected chi connectivity index (χ0v) is 19.6. The van der Waals surface area contributed by atoms with Gasteiger partial charge in [0.05, 0.1) is 29.9 Å². The minimum Gasteiger partial charge on any atom is -0.467 e. The van der Waals surface area contributed by atoms with Crippen LogP contribution in [0.15, 0.2) is 82.3 Å². The molecule has 0 spiro atoms. The van der Waals surface area contributed by atoms with Crippen molar-refractivity contribution in [2.24, 2.45) is 0 Å². The zero-order chi connectivity index (χ0) is 23.4. The van der Waals surface area contributed by atoms with Gasteiger partial charge < -0.3 is 14.1 Å². The molecule has 174 valence electrons. The summed E-state index contributed by atoms with van der Waals surface area (Å²) in [6.07, 6.45) is 1.18. The van der Waals surface area contributed by atoms with E-state index in [-0.39, 0.29) is 42.6 Å². The number of furan rings is 1. The molecule has 1 saturated heterocycles. The number of hydrogen-bond donors (Lipinski definition) is 0. The van der Waals surface area contributed by atoms with Crippen LogP contribution in [0.4, 0.5) is 0 Å². The van der Waals surface area contributed by atoms with Crippen LogP contribution in [-0.2, 0) is 27.8 Å². The number of nitrogens with zero attached hydrogens (tertiary/aromatic N) is 2. The second-order valence-corrected chi connectivity index (χ2v) is 10.3. The van der Waals surface area contributed by atoms with Crippen LogP contribution in [0.5, 0.6) is 0 Å². The van der Waals surface area contributed by atoms with Crippen molar-refractivity contribution < 1.29 is 22.4 Å². The summed E-state index contributed by atoms with van der Waals surface area (Å²) in [6, 6.07) is 19.5. The largest absolute Gasteiger partial charge is 0.467 e. The van der Waals surface area contributed by atoms with Gasteiger partial charge in [-0.15, -0.1) is 0 Å². The molecule has 1 aliphatic rings. The van der Waals surface area contributed by atoms with E-state index in [1.807, 2.05) is 50.2 Å². The van der Waals surface area contributed by atoms with Gasteiger partial charge in [0.15, 0.2) is 0 Å². The van der Waals surface area contributed by atoms with Gasteiger partial charge in [-0.25, -0.2) is 8.42 Å². The van der Waals surface area contributed by atoms with Crippen LogP contribution < -0.4 is 0 Å².